The van der Waals surface area contributed by atoms with Gasteiger partial charge < -0.3 is 9.47 Å². The topological polar surface area (TPSA) is 64.6 Å². The van der Waals surface area contributed by atoms with Crippen molar-refractivity contribution in [2.24, 2.45) is 0 Å². The minimum atomic E-state index is -3.51. The smallest absolute Gasteiger partial charge is 0.216 e. The monoisotopic (exact) mass is 383 g/mol. The maximum atomic E-state index is 12.3. The van der Waals surface area contributed by atoms with Crippen LogP contribution in [0.5, 0.6) is 11.5 Å². The molecule has 7 heteroatoms. The predicted molar refractivity (Wildman–Crippen MR) is 99.7 cm³/mol. The van der Waals surface area contributed by atoms with E-state index in [1.54, 1.807) is 49.6 Å². The van der Waals surface area contributed by atoms with Crippen molar-refractivity contribution in [2.75, 3.05) is 7.11 Å². The van der Waals surface area contributed by atoms with Gasteiger partial charge in [0, 0.05) is 11.6 Å². The molecular formula is C18H22ClNO4S. The molecule has 0 saturated heterocycles. The van der Waals surface area contributed by atoms with Crippen LogP contribution in [0.2, 0.25) is 5.02 Å². The Labute approximate surface area is 154 Å². The molecule has 0 bridgehead atoms. The van der Waals surface area contributed by atoms with Crippen LogP contribution in [0.15, 0.2) is 42.5 Å². The Morgan fingerprint density at radius 1 is 1.12 bits per heavy atom. The highest BCUT2D eigenvalue weighted by Gasteiger charge is 2.14. The number of nitrogens with one attached hydrogen (secondary N) is 1. The van der Waals surface area contributed by atoms with Gasteiger partial charge in [-0.2, -0.15) is 0 Å². The van der Waals surface area contributed by atoms with Crippen LogP contribution < -0.4 is 14.2 Å². The van der Waals surface area contributed by atoms with E-state index in [2.05, 4.69) is 4.72 Å². The fourth-order valence-electron chi connectivity index (χ4n) is 2.24. The average molecular weight is 384 g/mol. The molecule has 0 unspecified atom stereocenters. The van der Waals surface area contributed by atoms with Crippen molar-refractivity contribution in [1.29, 1.82) is 0 Å². The highest BCUT2D eigenvalue weighted by Crippen LogP contribution is 2.29. The summed E-state index contributed by atoms with van der Waals surface area (Å²) < 4.78 is 38.1. The van der Waals surface area contributed by atoms with Gasteiger partial charge in [-0.05, 0) is 43.2 Å². The van der Waals surface area contributed by atoms with E-state index < -0.39 is 10.0 Å². The fraction of sp³-hybridized carbons (Fsp3) is 0.333. The molecular weight excluding hydrogens is 362 g/mol. The van der Waals surface area contributed by atoms with E-state index in [4.69, 9.17) is 21.1 Å². The lowest BCUT2D eigenvalue weighted by Gasteiger charge is -2.15. The first-order chi connectivity index (χ1) is 11.8. The Bertz CT molecular complexity index is 822. The van der Waals surface area contributed by atoms with Crippen LogP contribution in [-0.4, -0.2) is 21.6 Å². The highest BCUT2D eigenvalue weighted by atomic mass is 35.5. The van der Waals surface area contributed by atoms with Crippen molar-refractivity contribution in [2.45, 2.75) is 32.2 Å². The predicted octanol–water partition coefficient (Wildman–Crippen LogP) is 3.76. The third-order valence-corrected chi connectivity index (χ3v) is 5.03. The van der Waals surface area contributed by atoms with Crippen LogP contribution in [0.1, 0.15) is 25.0 Å². The van der Waals surface area contributed by atoms with Crippen molar-refractivity contribution in [1.82, 2.24) is 4.72 Å². The third kappa shape index (κ3) is 5.92. The van der Waals surface area contributed by atoms with Gasteiger partial charge in [0.15, 0.2) is 11.5 Å². The molecule has 0 fully saturated rings. The Balaban J connectivity index is 2.06. The number of benzene rings is 2. The number of halogens is 1. The molecule has 0 amide bonds. The van der Waals surface area contributed by atoms with Gasteiger partial charge in [0.1, 0.15) is 0 Å². The number of ether oxygens (including phenoxy) is 2. The zero-order valence-corrected chi connectivity index (χ0v) is 16.0. The second kappa shape index (κ2) is 8.56. The normalized spacial score (nSPS) is 11.6. The molecule has 2 rings (SSSR count). The van der Waals surface area contributed by atoms with E-state index in [1.165, 1.54) is 0 Å². The van der Waals surface area contributed by atoms with Crippen LogP contribution in [-0.2, 0) is 22.3 Å². The highest BCUT2D eigenvalue weighted by molar-refractivity contribution is 7.88. The van der Waals surface area contributed by atoms with Gasteiger partial charge in [0.05, 0.1) is 19.0 Å². The summed E-state index contributed by atoms with van der Waals surface area (Å²) in [6.07, 6.45) is 0.0221. The summed E-state index contributed by atoms with van der Waals surface area (Å²) in [6.45, 7) is 4.01. The minimum absolute atomic E-state index is 0.0221. The van der Waals surface area contributed by atoms with Crippen LogP contribution >= 0.6 is 11.6 Å². The second-order valence-corrected chi connectivity index (χ2v) is 8.04. The van der Waals surface area contributed by atoms with Crippen molar-refractivity contribution in [3.05, 3.63) is 58.6 Å². The van der Waals surface area contributed by atoms with Gasteiger partial charge in [-0.1, -0.05) is 35.9 Å². The van der Waals surface area contributed by atoms with Crippen LogP contribution in [0.3, 0.4) is 0 Å². The molecule has 2 aromatic rings. The summed E-state index contributed by atoms with van der Waals surface area (Å²) in [4.78, 5) is 0. The van der Waals surface area contributed by atoms with E-state index >= 15 is 0 Å². The Morgan fingerprint density at radius 3 is 2.48 bits per heavy atom. The quantitative estimate of drug-likeness (QED) is 0.753. The Kier molecular flexibility index (Phi) is 6.70. The van der Waals surface area contributed by atoms with Gasteiger partial charge in [0.25, 0.3) is 0 Å². The summed E-state index contributed by atoms with van der Waals surface area (Å²) in [5, 5.41) is 0.435. The lowest BCUT2D eigenvalue weighted by molar-refractivity contribution is 0.230. The molecule has 0 atom stereocenters. The zero-order valence-electron chi connectivity index (χ0n) is 14.5. The van der Waals surface area contributed by atoms with E-state index in [0.29, 0.717) is 22.1 Å². The molecule has 0 spiro atoms. The van der Waals surface area contributed by atoms with E-state index in [0.717, 1.165) is 5.56 Å². The number of hydrogen-bond donors (Lipinski definition) is 1. The summed E-state index contributed by atoms with van der Waals surface area (Å²) in [7, 11) is -1.96. The first kappa shape index (κ1) is 19.6. The fourth-order valence-corrected chi connectivity index (χ4v) is 3.67. The number of sulfonamides is 1. The lowest BCUT2D eigenvalue weighted by Crippen LogP contribution is -2.24. The van der Waals surface area contributed by atoms with Crippen molar-refractivity contribution in [3.63, 3.8) is 0 Å². The van der Waals surface area contributed by atoms with Crippen LogP contribution in [0, 0.1) is 0 Å². The molecule has 2 aromatic carbocycles. The van der Waals surface area contributed by atoms with Crippen molar-refractivity contribution in [3.8, 4) is 11.5 Å². The van der Waals surface area contributed by atoms with Gasteiger partial charge in [-0.15, -0.1) is 0 Å². The second-order valence-electron chi connectivity index (χ2n) is 5.82. The van der Waals surface area contributed by atoms with Crippen LogP contribution in [0.25, 0.3) is 0 Å². The Hall–Kier alpha value is -1.76. The van der Waals surface area contributed by atoms with Gasteiger partial charge in [-0.3, -0.25) is 0 Å². The summed E-state index contributed by atoms with van der Waals surface area (Å²) >= 11 is 6.02. The largest absolute Gasteiger partial charge is 0.493 e. The minimum Gasteiger partial charge on any atom is -0.493 e. The van der Waals surface area contributed by atoms with Crippen molar-refractivity contribution < 1.29 is 17.9 Å². The Morgan fingerprint density at radius 2 is 1.84 bits per heavy atom. The molecule has 0 aliphatic heterocycles. The maximum absolute atomic E-state index is 12.3. The lowest BCUT2D eigenvalue weighted by atomic mass is 10.2. The maximum Gasteiger partial charge on any atom is 0.216 e. The van der Waals surface area contributed by atoms with Gasteiger partial charge in [0.2, 0.25) is 10.0 Å². The summed E-state index contributed by atoms with van der Waals surface area (Å²) in [5.74, 6) is 1.02. The molecule has 5 nitrogen and oxygen atoms in total. The van der Waals surface area contributed by atoms with E-state index in [9.17, 15) is 8.42 Å². The molecule has 0 aromatic heterocycles. The van der Waals surface area contributed by atoms with Crippen LogP contribution in [0.4, 0.5) is 0 Å². The number of methoxy groups -OCH3 is 1. The molecule has 136 valence electrons. The first-order valence-corrected chi connectivity index (χ1v) is 9.88. The number of rotatable bonds is 8. The molecule has 0 aliphatic rings. The van der Waals surface area contributed by atoms with Crippen molar-refractivity contribution >= 4 is 21.6 Å². The molecule has 25 heavy (non-hydrogen) atoms. The van der Waals surface area contributed by atoms with E-state index in [-0.39, 0.29) is 18.4 Å². The molecule has 0 radical (unpaired) electrons. The third-order valence-electron chi connectivity index (χ3n) is 3.39. The van der Waals surface area contributed by atoms with E-state index in [1.807, 2.05) is 13.8 Å². The zero-order chi connectivity index (χ0) is 18.4. The summed E-state index contributed by atoms with van der Waals surface area (Å²) in [5.41, 5.74) is 1.34. The first-order valence-electron chi connectivity index (χ1n) is 7.85. The van der Waals surface area contributed by atoms with Gasteiger partial charge >= 0.3 is 0 Å². The standard InChI is InChI=1S/C18H22ClNO4S/c1-13(2)24-17-9-8-14(10-18(17)23-3)11-20-25(21,22)12-15-6-4-5-7-16(15)19/h4-10,13,20H,11-12H2,1-3H3. The molecule has 1 N–H and O–H groups in total. The summed E-state index contributed by atoms with van der Waals surface area (Å²) in [6, 6.07) is 12.2. The van der Waals surface area contributed by atoms with Gasteiger partial charge in [-0.25, -0.2) is 13.1 Å². The number of hydrogen-bond acceptors (Lipinski definition) is 4. The molecule has 0 saturated carbocycles. The molecule has 0 aliphatic carbocycles. The average Bonchev–Trinajstić information content (AvgIpc) is 2.55. The SMILES string of the molecule is COc1cc(CNS(=O)(=O)Cc2ccccc2Cl)ccc1OC(C)C. The molecule has 0 heterocycles.